The van der Waals surface area contributed by atoms with Crippen molar-refractivity contribution in [3.05, 3.63) is 99.0 Å². The summed E-state index contributed by atoms with van der Waals surface area (Å²) in [6.07, 6.45) is 2.05. The van der Waals surface area contributed by atoms with Gasteiger partial charge >= 0.3 is 0 Å². The maximum absolute atomic E-state index is 13.7. The Bertz CT molecular complexity index is 1190. The van der Waals surface area contributed by atoms with E-state index in [0.717, 1.165) is 34.0 Å². The number of hydrogen-bond donors (Lipinski definition) is 1. The van der Waals surface area contributed by atoms with Crippen LogP contribution in [0.3, 0.4) is 0 Å². The van der Waals surface area contributed by atoms with Gasteiger partial charge in [-0.25, -0.2) is 0 Å². The van der Waals surface area contributed by atoms with Crippen LogP contribution in [-0.2, 0) is 29.0 Å². The number of amides is 2. The monoisotopic (exact) mass is 584 g/mol. The van der Waals surface area contributed by atoms with Gasteiger partial charge in [0.1, 0.15) is 11.8 Å². The molecule has 1 N–H and O–H groups in total. The summed E-state index contributed by atoms with van der Waals surface area (Å²) in [5.74, 6) is 0.0746. The van der Waals surface area contributed by atoms with E-state index in [0.29, 0.717) is 17.2 Å². The first-order valence-corrected chi connectivity index (χ1v) is 13.8. The normalized spacial score (nSPS) is 12.5. The van der Waals surface area contributed by atoms with Gasteiger partial charge in [-0.05, 0) is 70.6 Å². The second-order valence-corrected chi connectivity index (χ2v) is 10.3. The molecule has 0 fully saturated rings. The molecule has 0 bridgehead atoms. The molecule has 0 unspecified atom stereocenters. The molecule has 0 saturated carbocycles. The van der Waals surface area contributed by atoms with Crippen LogP contribution in [0.5, 0.6) is 5.75 Å². The second kappa shape index (κ2) is 14.2. The summed E-state index contributed by atoms with van der Waals surface area (Å²) < 4.78 is 6.71. The Morgan fingerprint density at radius 3 is 2.35 bits per heavy atom. The van der Waals surface area contributed by atoms with E-state index in [1.807, 2.05) is 80.6 Å². The van der Waals surface area contributed by atoms with Gasteiger partial charge in [0.05, 0.1) is 4.47 Å². The number of hydrogen-bond acceptors (Lipinski definition) is 3. The molecule has 2 atom stereocenters. The molecule has 0 aliphatic heterocycles. The first kappa shape index (κ1) is 28.7. The minimum Gasteiger partial charge on any atom is -0.483 e. The minimum atomic E-state index is -0.741. The van der Waals surface area contributed by atoms with E-state index >= 15 is 0 Å². The van der Waals surface area contributed by atoms with Crippen molar-refractivity contribution in [1.82, 2.24) is 10.2 Å². The van der Waals surface area contributed by atoms with E-state index in [4.69, 9.17) is 16.3 Å². The third-order valence-electron chi connectivity index (χ3n) is 6.33. The molecule has 0 aliphatic rings. The van der Waals surface area contributed by atoms with Crippen molar-refractivity contribution < 1.29 is 14.3 Å². The molecule has 0 aromatic heterocycles. The van der Waals surface area contributed by atoms with Crippen LogP contribution >= 0.6 is 27.5 Å². The number of benzene rings is 3. The number of nitrogens with one attached hydrogen (secondary N) is 1. The molecule has 37 heavy (non-hydrogen) atoms. The largest absolute Gasteiger partial charge is 0.483 e. The zero-order valence-electron chi connectivity index (χ0n) is 21.5. The van der Waals surface area contributed by atoms with Crippen LogP contribution in [-0.4, -0.2) is 35.4 Å². The number of carbonyl (C=O) groups excluding carboxylic acids is 2. The van der Waals surface area contributed by atoms with Crippen LogP contribution in [0.4, 0.5) is 0 Å². The lowest BCUT2D eigenvalue weighted by Gasteiger charge is -2.32. The topological polar surface area (TPSA) is 58.6 Å². The number of aryl methyl sites for hydroxylation is 1. The number of ether oxygens (including phenoxy) is 1. The third kappa shape index (κ3) is 8.34. The van der Waals surface area contributed by atoms with Crippen LogP contribution in [0, 0.1) is 0 Å². The van der Waals surface area contributed by atoms with Crippen LogP contribution in [0.2, 0.25) is 5.02 Å². The number of rotatable bonds is 12. The Hall–Kier alpha value is -2.83. The highest BCUT2D eigenvalue weighted by molar-refractivity contribution is 9.10. The minimum absolute atomic E-state index is 0.0210. The van der Waals surface area contributed by atoms with Gasteiger partial charge in [0.25, 0.3) is 5.91 Å². The predicted molar refractivity (Wildman–Crippen MR) is 153 cm³/mol. The zero-order chi connectivity index (χ0) is 26.8. The van der Waals surface area contributed by atoms with Crippen LogP contribution < -0.4 is 10.1 Å². The smallest absolute Gasteiger partial charge is 0.261 e. The second-order valence-electron chi connectivity index (χ2n) is 9.04. The van der Waals surface area contributed by atoms with Crippen molar-refractivity contribution in [2.24, 2.45) is 0 Å². The van der Waals surface area contributed by atoms with Gasteiger partial charge in [0.15, 0.2) is 6.61 Å². The Kier molecular flexibility index (Phi) is 11.0. The fourth-order valence-corrected chi connectivity index (χ4v) is 4.65. The molecule has 0 spiro atoms. The molecular weight excluding hydrogens is 552 g/mol. The lowest BCUT2D eigenvalue weighted by atomic mass is 10.0. The van der Waals surface area contributed by atoms with Crippen molar-refractivity contribution in [3.8, 4) is 5.75 Å². The maximum Gasteiger partial charge on any atom is 0.261 e. The predicted octanol–water partition coefficient (Wildman–Crippen LogP) is 6.60. The molecule has 196 valence electrons. The molecule has 0 saturated heterocycles. The van der Waals surface area contributed by atoms with E-state index in [1.165, 1.54) is 0 Å². The van der Waals surface area contributed by atoms with Gasteiger partial charge < -0.3 is 15.0 Å². The molecule has 3 aromatic carbocycles. The van der Waals surface area contributed by atoms with Crippen molar-refractivity contribution in [1.29, 1.82) is 0 Å². The van der Waals surface area contributed by atoms with Crippen molar-refractivity contribution in [3.63, 3.8) is 0 Å². The first-order chi connectivity index (χ1) is 17.8. The number of nitrogens with zero attached hydrogens (tertiary/aromatic N) is 1. The number of halogens is 2. The van der Waals surface area contributed by atoms with Crippen molar-refractivity contribution in [2.45, 2.75) is 58.7 Å². The van der Waals surface area contributed by atoms with E-state index in [-0.39, 0.29) is 31.0 Å². The summed E-state index contributed by atoms with van der Waals surface area (Å²) in [5.41, 5.74) is 2.89. The molecule has 0 heterocycles. The Balaban J connectivity index is 1.93. The lowest BCUT2D eigenvalue weighted by Crippen LogP contribution is -2.53. The number of carbonyl (C=O) groups is 2. The highest BCUT2D eigenvalue weighted by atomic mass is 79.9. The van der Waals surface area contributed by atoms with Crippen LogP contribution in [0.1, 0.15) is 43.9 Å². The highest BCUT2D eigenvalue weighted by Gasteiger charge is 2.31. The van der Waals surface area contributed by atoms with Gasteiger partial charge in [-0.1, -0.05) is 80.0 Å². The summed E-state index contributed by atoms with van der Waals surface area (Å²) >= 11 is 10.0. The van der Waals surface area contributed by atoms with Gasteiger partial charge in [-0.3, -0.25) is 9.59 Å². The average Bonchev–Trinajstić information content (AvgIpc) is 2.91. The Labute approximate surface area is 233 Å². The zero-order valence-corrected chi connectivity index (χ0v) is 23.9. The van der Waals surface area contributed by atoms with E-state index in [1.54, 1.807) is 11.0 Å². The summed E-state index contributed by atoms with van der Waals surface area (Å²) in [6.45, 7) is 6.02. The molecule has 5 nitrogen and oxygen atoms in total. The first-order valence-electron chi connectivity index (χ1n) is 12.6. The molecule has 0 radical (unpaired) electrons. The fourth-order valence-electron chi connectivity index (χ4n) is 3.91. The Morgan fingerprint density at radius 2 is 1.70 bits per heavy atom. The van der Waals surface area contributed by atoms with Crippen LogP contribution in [0.15, 0.2) is 77.3 Å². The molecule has 2 amide bonds. The van der Waals surface area contributed by atoms with Gasteiger partial charge in [-0.15, -0.1) is 0 Å². The molecule has 3 rings (SSSR count). The van der Waals surface area contributed by atoms with E-state index < -0.39 is 6.04 Å². The fraction of sp³-hybridized carbons (Fsp3) is 0.333. The van der Waals surface area contributed by atoms with Crippen molar-refractivity contribution in [2.75, 3.05) is 6.61 Å². The molecule has 3 aromatic rings. The highest BCUT2D eigenvalue weighted by Crippen LogP contribution is 2.27. The summed E-state index contributed by atoms with van der Waals surface area (Å²) in [4.78, 5) is 28.9. The molecular formula is C30H34BrClN2O3. The Morgan fingerprint density at radius 1 is 1.00 bits per heavy atom. The summed E-state index contributed by atoms with van der Waals surface area (Å²) in [7, 11) is 0. The third-order valence-corrected chi connectivity index (χ3v) is 7.31. The maximum atomic E-state index is 13.7. The summed E-state index contributed by atoms with van der Waals surface area (Å²) in [5, 5.41) is 3.61. The molecule has 0 aliphatic carbocycles. The molecule has 7 heteroatoms. The van der Waals surface area contributed by atoms with Gasteiger partial charge in [-0.2, -0.15) is 0 Å². The van der Waals surface area contributed by atoms with E-state index in [2.05, 4.69) is 28.2 Å². The average molecular weight is 586 g/mol. The van der Waals surface area contributed by atoms with E-state index in [9.17, 15) is 9.59 Å². The SMILES string of the molecule is CCc1ccc(OCC(=O)N(Cc2ccccc2Cl)[C@@H](Cc2ccccc2)C(=O)N[C@H](C)CC)c(Br)c1. The van der Waals surface area contributed by atoms with Gasteiger partial charge in [0, 0.05) is 24.0 Å². The van der Waals surface area contributed by atoms with Gasteiger partial charge in [0.2, 0.25) is 5.91 Å². The van der Waals surface area contributed by atoms with Crippen LogP contribution in [0.25, 0.3) is 0 Å². The van der Waals surface area contributed by atoms with Crippen molar-refractivity contribution >= 4 is 39.3 Å². The standard InChI is InChI=1S/C30H34BrClN2O3/c1-4-21(3)33-30(36)27(18-23-11-7-6-8-12-23)34(19-24-13-9-10-14-26(24)32)29(35)20-37-28-16-15-22(5-2)17-25(28)31/h6-17,21,27H,4-5,18-20H2,1-3H3,(H,33,36)/t21-,27+/m1/s1. The summed E-state index contributed by atoms with van der Waals surface area (Å²) in [6, 6.07) is 22.1. The quantitative estimate of drug-likeness (QED) is 0.261. The lowest BCUT2D eigenvalue weighted by molar-refractivity contribution is -0.143.